The van der Waals surface area contributed by atoms with Crippen LogP contribution in [0, 0.1) is 5.92 Å². The number of rotatable bonds is 2. The molecule has 0 amide bonds. The standard InChI is InChI=1S/C7H14N2O/c8-7(5-10)6-1-3-9-4-2-6/h5-7,9H,1-4,8H2. The van der Waals surface area contributed by atoms with Crippen LogP contribution >= 0.6 is 0 Å². The van der Waals surface area contributed by atoms with Gasteiger partial charge >= 0.3 is 0 Å². The highest BCUT2D eigenvalue weighted by Crippen LogP contribution is 2.12. The molecule has 0 aromatic carbocycles. The Labute approximate surface area is 61.0 Å². The third-order valence-corrected chi connectivity index (χ3v) is 2.09. The van der Waals surface area contributed by atoms with Crippen LogP contribution in [-0.4, -0.2) is 25.4 Å². The molecule has 1 fully saturated rings. The van der Waals surface area contributed by atoms with Gasteiger partial charge in [-0.2, -0.15) is 0 Å². The second-order valence-electron chi connectivity index (χ2n) is 2.80. The van der Waals surface area contributed by atoms with E-state index in [0.717, 1.165) is 32.2 Å². The first-order chi connectivity index (χ1) is 4.84. The summed E-state index contributed by atoms with van der Waals surface area (Å²) in [5, 5.41) is 3.22. The molecule has 0 radical (unpaired) electrons. The van der Waals surface area contributed by atoms with Gasteiger partial charge in [-0.05, 0) is 31.8 Å². The van der Waals surface area contributed by atoms with Gasteiger partial charge in [-0.15, -0.1) is 0 Å². The quantitative estimate of drug-likeness (QED) is 0.512. The molecule has 1 aliphatic rings. The molecule has 1 atom stereocenters. The van der Waals surface area contributed by atoms with E-state index >= 15 is 0 Å². The fourth-order valence-corrected chi connectivity index (χ4v) is 1.34. The van der Waals surface area contributed by atoms with Crippen molar-refractivity contribution in [3.63, 3.8) is 0 Å². The Morgan fingerprint density at radius 3 is 2.60 bits per heavy atom. The zero-order valence-electron chi connectivity index (χ0n) is 6.05. The van der Waals surface area contributed by atoms with Gasteiger partial charge in [-0.1, -0.05) is 0 Å². The molecule has 1 saturated heterocycles. The number of hydrogen-bond acceptors (Lipinski definition) is 3. The van der Waals surface area contributed by atoms with E-state index in [1.165, 1.54) is 0 Å². The molecule has 1 unspecified atom stereocenters. The summed E-state index contributed by atoms with van der Waals surface area (Å²) >= 11 is 0. The summed E-state index contributed by atoms with van der Waals surface area (Å²) in [6.07, 6.45) is 2.94. The Morgan fingerprint density at radius 2 is 2.10 bits per heavy atom. The second kappa shape index (κ2) is 3.68. The van der Waals surface area contributed by atoms with Crippen LogP contribution in [0.15, 0.2) is 0 Å². The van der Waals surface area contributed by atoms with Crippen LogP contribution in [0.3, 0.4) is 0 Å². The van der Waals surface area contributed by atoms with Crippen molar-refractivity contribution in [3.05, 3.63) is 0 Å². The van der Waals surface area contributed by atoms with Gasteiger partial charge in [0.25, 0.3) is 0 Å². The average molecular weight is 142 g/mol. The summed E-state index contributed by atoms with van der Waals surface area (Å²) < 4.78 is 0. The molecule has 0 aliphatic carbocycles. The Morgan fingerprint density at radius 1 is 1.50 bits per heavy atom. The zero-order valence-corrected chi connectivity index (χ0v) is 6.05. The number of carbonyl (C=O) groups excluding carboxylic acids is 1. The van der Waals surface area contributed by atoms with Gasteiger partial charge in [0.15, 0.2) is 0 Å². The molecule has 3 N–H and O–H groups in total. The predicted octanol–water partition coefficient (Wildman–Crippen LogP) is -0.488. The minimum absolute atomic E-state index is 0.234. The van der Waals surface area contributed by atoms with Gasteiger partial charge in [0, 0.05) is 0 Å². The molecule has 0 spiro atoms. The van der Waals surface area contributed by atoms with Gasteiger partial charge in [0.2, 0.25) is 0 Å². The van der Waals surface area contributed by atoms with E-state index in [4.69, 9.17) is 5.73 Å². The van der Waals surface area contributed by atoms with Crippen molar-refractivity contribution in [3.8, 4) is 0 Å². The molecular weight excluding hydrogens is 128 g/mol. The molecule has 1 rings (SSSR count). The highest BCUT2D eigenvalue weighted by molar-refractivity contribution is 5.57. The average Bonchev–Trinajstić information content (AvgIpc) is 2.05. The van der Waals surface area contributed by atoms with E-state index in [1.54, 1.807) is 0 Å². The third kappa shape index (κ3) is 1.78. The normalized spacial score (nSPS) is 24.1. The largest absolute Gasteiger partial charge is 0.322 e. The van der Waals surface area contributed by atoms with Crippen molar-refractivity contribution >= 4 is 6.29 Å². The highest BCUT2D eigenvalue weighted by atomic mass is 16.1. The number of carbonyl (C=O) groups is 1. The number of aldehydes is 1. The number of hydrogen-bond donors (Lipinski definition) is 2. The molecule has 58 valence electrons. The maximum absolute atomic E-state index is 10.3. The first-order valence-corrected chi connectivity index (χ1v) is 3.76. The molecular formula is C7H14N2O. The smallest absolute Gasteiger partial charge is 0.136 e. The first kappa shape index (κ1) is 7.69. The maximum atomic E-state index is 10.3. The molecule has 0 aromatic heterocycles. The van der Waals surface area contributed by atoms with E-state index in [9.17, 15) is 4.79 Å². The van der Waals surface area contributed by atoms with E-state index in [0.29, 0.717) is 5.92 Å². The minimum atomic E-state index is -0.234. The van der Waals surface area contributed by atoms with Crippen LogP contribution in [0.2, 0.25) is 0 Å². The van der Waals surface area contributed by atoms with E-state index < -0.39 is 0 Å². The number of nitrogens with two attached hydrogens (primary N) is 1. The van der Waals surface area contributed by atoms with Crippen molar-refractivity contribution < 1.29 is 4.79 Å². The van der Waals surface area contributed by atoms with Crippen molar-refractivity contribution in [1.82, 2.24) is 5.32 Å². The van der Waals surface area contributed by atoms with E-state index in [1.807, 2.05) is 0 Å². The van der Waals surface area contributed by atoms with Crippen LogP contribution in [0.4, 0.5) is 0 Å². The van der Waals surface area contributed by atoms with Crippen molar-refractivity contribution in [2.45, 2.75) is 18.9 Å². The zero-order chi connectivity index (χ0) is 7.40. The molecule has 0 saturated carbocycles. The lowest BCUT2D eigenvalue weighted by atomic mass is 9.92. The van der Waals surface area contributed by atoms with Crippen LogP contribution in [0.25, 0.3) is 0 Å². The van der Waals surface area contributed by atoms with Crippen LogP contribution in [-0.2, 0) is 4.79 Å². The molecule has 3 heteroatoms. The third-order valence-electron chi connectivity index (χ3n) is 2.09. The summed E-state index contributed by atoms with van der Waals surface area (Å²) in [7, 11) is 0. The van der Waals surface area contributed by atoms with Crippen LogP contribution < -0.4 is 11.1 Å². The van der Waals surface area contributed by atoms with Gasteiger partial charge in [0.1, 0.15) is 6.29 Å². The molecule has 3 nitrogen and oxygen atoms in total. The van der Waals surface area contributed by atoms with Crippen molar-refractivity contribution in [1.29, 1.82) is 0 Å². The number of nitrogens with one attached hydrogen (secondary N) is 1. The SMILES string of the molecule is NC(C=O)C1CCNCC1. The summed E-state index contributed by atoms with van der Waals surface area (Å²) in [6, 6.07) is -0.234. The fourth-order valence-electron chi connectivity index (χ4n) is 1.34. The summed E-state index contributed by atoms with van der Waals surface area (Å²) in [4.78, 5) is 10.3. The van der Waals surface area contributed by atoms with Gasteiger partial charge < -0.3 is 15.8 Å². The van der Waals surface area contributed by atoms with Crippen LogP contribution in [0.1, 0.15) is 12.8 Å². The van der Waals surface area contributed by atoms with Gasteiger partial charge in [0.05, 0.1) is 6.04 Å². The summed E-state index contributed by atoms with van der Waals surface area (Å²) in [5.41, 5.74) is 5.55. The van der Waals surface area contributed by atoms with E-state index in [2.05, 4.69) is 5.32 Å². The van der Waals surface area contributed by atoms with Crippen molar-refractivity contribution in [2.24, 2.45) is 11.7 Å². The first-order valence-electron chi connectivity index (χ1n) is 3.76. The Hall–Kier alpha value is -0.410. The Kier molecular flexibility index (Phi) is 2.83. The lowest BCUT2D eigenvalue weighted by Crippen LogP contribution is -2.39. The predicted molar refractivity (Wildman–Crippen MR) is 39.6 cm³/mol. The fraction of sp³-hybridized carbons (Fsp3) is 0.857. The molecule has 1 aliphatic heterocycles. The van der Waals surface area contributed by atoms with Gasteiger partial charge in [-0.3, -0.25) is 0 Å². The molecule has 1 heterocycles. The monoisotopic (exact) mass is 142 g/mol. The topological polar surface area (TPSA) is 55.1 Å². The molecule has 10 heavy (non-hydrogen) atoms. The Balaban J connectivity index is 2.30. The highest BCUT2D eigenvalue weighted by Gasteiger charge is 2.18. The van der Waals surface area contributed by atoms with Crippen LogP contribution in [0.5, 0.6) is 0 Å². The lowest BCUT2D eigenvalue weighted by Gasteiger charge is -2.24. The second-order valence-corrected chi connectivity index (χ2v) is 2.80. The Bertz CT molecular complexity index is 110. The summed E-state index contributed by atoms with van der Waals surface area (Å²) in [5.74, 6) is 0.416. The maximum Gasteiger partial charge on any atom is 0.136 e. The summed E-state index contributed by atoms with van der Waals surface area (Å²) in [6.45, 7) is 2.01. The number of piperidine rings is 1. The minimum Gasteiger partial charge on any atom is -0.322 e. The molecule has 0 aromatic rings. The van der Waals surface area contributed by atoms with Gasteiger partial charge in [-0.25, -0.2) is 0 Å². The molecule has 0 bridgehead atoms. The lowest BCUT2D eigenvalue weighted by molar-refractivity contribution is -0.110. The van der Waals surface area contributed by atoms with E-state index in [-0.39, 0.29) is 6.04 Å². The van der Waals surface area contributed by atoms with Crippen molar-refractivity contribution in [2.75, 3.05) is 13.1 Å².